The SMILES string of the molecule is CCCCCC/C=C\CCCCCCCC(=O)OC(COC(=O)CCCCCCC)COC(=O)CCCCCCCCCCCCC/C=C\C/C=C\CCCCCCC. The molecule has 0 aliphatic rings. The average molecular weight is 829 g/mol. The van der Waals surface area contributed by atoms with Gasteiger partial charge >= 0.3 is 17.9 Å². The predicted octanol–water partition coefficient (Wildman–Crippen LogP) is 16.5. The molecule has 0 saturated heterocycles. The normalized spacial score (nSPS) is 12.3. The molecule has 6 heteroatoms. The van der Waals surface area contributed by atoms with Crippen LogP contribution in [0, 0.1) is 0 Å². The van der Waals surface area contributed by atoms with E-state index in [1.165, 1.54) is 148 Å². The molecule has 0 spiro atoms. The van der Waals surface area contributed by atoms with E-state index in [-0.39, 0.29) is 31.1 Å². The fraction of sp³-hybridized carbons (Fsp3) is 0.830. The number of carbonyl (C=O) groups is 3. The molecule has 59 heavy (non-hydrogen) atoms. The van der Waals surface area contributed by atoms with Crippen molar-refractivity contribution in [2.24, 2.45) is 0 Å². The Morgan fingerprint density at radius 2 is 0.610 bits per heavy atom. The van der Waals surface area contributed by atoms with Gasteiger partial charge in [-0.3, -0.25) is 14.4 Å². The number of hydrogen-bond acceptors (Lipinski definition) is 6. The molecular formula is C53H96O6. The first-order chi connectivity index (χ1) is 29.0. The van der Waals surface area contributed by atoms with Crippen molar-refractivity contribution >= 4 is 17.9 Å². The van der Waals surface area contributed by atoms with E-state index < -0.39 is 6.10 Å². The second-order valence-electron chi connectivity index (χ2n) is 17.1. The van der Waals surface area contributed by atoms with Crippen LogP contribution in [0.15, 0.2) is 36.5 Å². The molecule has 6 nitrogen and oxygen atoms in total. The van der Waals surface area contributed by atoms with E-state index in [1.807, 2.05) is 0 Å². The van der Waals surface area contributed by atoms with Crippen molar-refractivity contribution in [2.45, 2.75) is 271 Å². The highest BCUT2D eigenvalue weighted by molar-refractivity contribution is 5.71. The molecule has 0 bridgehead atoms. The Balaban J connectivity index is 4.09. The first-order valence-electron chi connectivity index (χ1n) is 25.5. The van der Waals surface area contributed by atoms with Crippen molar-refractivity contribution in [3.8, 4) is 0 Å². The molecule has 0 aromatic rings. The minimum Gasteiger partial charge on any atom is -0.462 e. The van der Waals surface area contributed by atoms with Gasteiger partial charge < -0.3 is 14.2 Å². The maximum absolute atomic E-state index is 12.7. The van der Waals surface area contributed by atoms with Gasteiger partial charge in [-0.1, -0.05) is 205 Å². The zero-order valence-corrected chi connectivity index (χ0v) is 39.3. The van der Waals surface area contributed by atoms with Crippen molar-refractivity contribution < 1.29 is 28.6 Å². The van der Waals surface area contributed by atoms with Crippen LogP contribution in [-0.2, 0) is 28.6 Å². The molecule has 0 fully saturated rings. The van der Waals surface area contributed by atoms with Gasteiger partial charge in [0.15, 0.2) is 6.10 Å². The number of carbonyl (C=O) groups excluding carboxylic acids is 3. The van der Waals surface area contributed by atoms with Crippen LogP contribution in [0.4, 0.5) is 0 Å². The van der Waals surface area contributed by atoms with Gasteiger partial charge in [0.1, 0.15) is 13.2 Å². The summed E-state index contributed by atoms with van der Waals surface area (Å²) in [5.74, 6) is -0.894. The third kappa shape index (κ3) is 46.5. The zero-order chi connectivity index (χ0) is 43.0. The molecule has 0 aliphatic heterocycles. The highest BCUT2D eigenvalue weighted by atomic mass is 16.6. The van der Waals surface area contributed by atoms with E-state index in [1.54, 1.807) is 0 Å². The molecule has 0 heterocycles. The standard InChI is InChI=1S/C53H96O6/c1-4-7-10-13-15-17-19-21-22-23-24-25-26-27-28-29-30-32-33-35-37-40-43-46-52(55)58-49-50(48-57-51(54)45-42-39-12-9-6-3)59-53(56)47-44-41-38-36-34-31-20-18-16-14-11-8-5-2/h18-21,23-24,50H,4-17,22,25-49H2,1-3H3/b20-18-,21-19-,24-23-. The van der Waals surface area contributed by atoms with Gasteiger partial charge in [0, 0.05) is 19.3 Å². The van der Waals surface area contributed by atoms with Gasteiger partial charge in [0.25, 0.3) is 0 Å². The Bertz CT molecular complexity index is 1000. The lowest BCUT2D eigenvalue weighted by Gasteiger charge is -2.18. The maximum Gasteiger partial charge on any atom is 0.306 e. The summed E-state index contributed by atoms with van der Waals surface area (Å²) >= 11 is 0. The molecule has 0 aromatic heterocycles. The summed E-state index contributed by atoms with van der Waals surface area (Å²) in [5.41, 5.74) is 0. The largest absolute Gasteiger partial charge is 0.462 e. The summed E-state index contributed by atoms with van der Waals surface area (Å²) in [6.07, 6.45) is 56.0. The van der Waals surface area contributed by atoms with E-state index in [2.05, 4.69) is 57.2 Å². The van der Waals surface area contributed by atoms with Crippen LogP contribution in [0.2, 0.25) is 0 Å². The van der Waals surface area contributed by atoms with E-state index in [4.69, 9.17) is 14.2 Å². The molecule has 0 radical (unpaired) electrons. The van der Waals surface area contributed by atoms with Crippen LogP contribution in [0.1, 0.15) is 265 Å². The third-order valence-electron chi connectivity index (χ3n) is 11.1. The molecule has 0 aliphatic carbocycles. The molecule has 1 atom stereocenters. The summed E-state index contributed by atoms with van der Waals surface area (Å²) < 4.78 is 16.6. The lowest BCUT2D eigenvalue weighted by molar-refractivity contribution is -0.167. The van der Waals surface area contributed by atoms with Crippen LogP contribution >= 0.6 is 0 Å². The molecule has 0 rings (SSSR count). The van der Waals surface area contributed by atoms with E-state index in [0.29, 0.717) is 19.3 Å². The van der Waals surface area contributed by atoms with E-state index >= 15 is 0 Å². The topological polar surface area (TPSA) is 78.9 Å². The Morgan fingerprint density at radius 1 is 0.339 bits per heavy atom. The maximum atomic E-state index is 12.7. The molecule has 0 N–H and O–H groups in total. The second kappa shape index (κ2) is 48.3. The Labute approximate surface area is 365 Å². The number of unbranched alkanes of at least 4 members (excludes halogenated alkanes) is 29. The van der Waals surface area contributed by atoms with Crippen molar-refractivity contribution in [3.63, 3.8) is 0 Å². The van der Waals surface area contributed by atoms with Crippen LogP contribution in [0.3, 0.4) is 0 Å². The predicted molar refractivity (Wildman–Crippen MR) is 252 cm³/mol. The van der Waals surface area contributed by atoms with E-state index in [9.17, 15) is 14.4 Å². The molecule has 0 aromatic carbocycles. The molecule has 0 saturated carbocycles. The summed E-state index contributed by atoms with van der Waals surface area (Å²) in [7, 11) is 0. The van der Waals surface area contributed by atoms with Crippen molar-refractivity contribution in [1.82, 2.24) is 0 Å². The van der Waals surface area contributed by atoms with Gasteiger partial charge in [-0.15, -0.1) is 0 Å². The zero-order valence-electron chi connectivity index (χ0n) is 39.3. The number of allylic oxidation sites excluding steroid dienone is 6. The van der Waals surface area contributed by atoms with Gasteiger partial charge in [-0.05, 0) is 77.0 Å². The summed E-state index contributed by atoms with van der Waals surface area (Å²) in [6, 6.07) is 0. The highest BCUT2D eigenvalue weighted by Crippen LogP contribution is 2.15. The first-order valence-corrected chi connectivity index (χ1v) is 25.5. The Morgan fingerprint density at radius 3 is 0.966 bits per heavy atom. The van der Waals surface area contributed by atoms with Crippen LogP contribution in [0.5, 0.6) is 0 Å². The summed E-state index contributed by atoms with van der Waals surface area (Å²) in [4.78, 5) is 37.6. The van der Waals surface area contributed by atoms with Gasteiger partial charge in [0.2, 0.25) is 0 Å². The lowest BCUT2D eigenvalue weighted by atomic mass is 10.0. The van der Waals surface area contributed by atoms with Gasteiger partial charge in [0.05, 0.1) is 0 Å². The number of esters is 3. The van der Waals surface area contributed by atoms with Crippen LogP contribution < -0.4 is 0 Å². The van der Waals surface area contributed by atoms with Crippen molar-refractivity contribution in [3.05, 3.63) is 36.5 Å². The molecular weight excluding hydrogens is 733 g/mol. The molecule has 0 amide bonds. The fourth-order valence-corrected chi connectivity index (χ4v) is 7.23. The van der Waals surface area contributed by atoms with E-state index in [0.717, 1.165) is 77.0 Å². The lowest BCUT2D eigenvalue weighted by Crippen LogP contribution is -2.30. The minimum absolute atomic E-state index is 0.0753. The second-order valence-corrected chi connectivity index (χ2v) is 17.1. The Hall–Kier alpha value is -2.37. The molecule has 1 unspecified atom stereocenters. The van der Waals surface area contributed by atoms with Crippen molar-refractivity contribution in [2.75, 3.05) is 13.2 Å². The summed E-state index contributed by atoms with van der Waals surface area (Å²) in [6.45, 7) is 6.53. The summed E-state index contributed by atoms with van der Waals surface area (Å²) in [5, 5.41) is 0. The van der Waals surface area contributed by atoms with Crippen LogP contribution in [0.25, 0.3) is 0 Å². The monoisotopic (exact) mass is 829 g/mol. The number of hydrogen-bond donors (Lipinski definition) is 0. The first kappa shape index (κ1) is 56.6. The fourth-order valence-electron chi connectivity index (χ4n) is 7.23. The van der Waals surface area contributed by atoms with Crippen molar-refractivity contribution in [1.29, 1.82) is 0 Å². The highest BCUT2D eigenvalue weighted by Gasteiger charge is 2.19. The average Bonchev–Trinajstić information content (AvgIpc) is 3.23. The van der Waals surface area contributed by atoms with Crippen LogP contribution in [-0.4, -0.2) is 37.2 Å². The smallest absolute Gasteiger partial charge is 0.306 e. The number of rotatable bonds is 46. The van der Waals surface area contributed by atoms with Gasteiger partial charge in [-0.25, -0.2) is 0 Å². The number of ether oxygens (including phenoxy) is 3. The minimum atomic E-state index is -0.770. The third-order valence-corrected chi connectivity index (χ3v) is 11.1. The quantitative estimate of drug-likeness (QED) is 0.0263. The van der Waals surface area contributed by atoms with Gasteiger partial charge in [-0.2, -0.15) is 0 Å². The Kier molecular flexibility index (Phi) is 46.4. The molecule has 344 valence electrons.